The van der Waals surface area contributed by atoms with Gasteiger partial charge in [0, 0.05) is 12.6 Å². The summed E-state index contributed by atoms with van der Waals surface area (Å²) in [5.41, 5.74) is 1.96. The third-order valence-electron chi connectivity index (χ3n) is 3.32. The third kappa shape index (κ3) is 3.76. The van der Waals surface area contributed by atoms with Gasteiger partial charge in [-0.05, 0) is 32.9 Å². The molecule has 124 valence electrons. The minimum Gasteiger partial charge on any atom is -0.479 e. The first kappa shape index (κ1) is 18.0. The first-order valence-electron chi connectivity index (χ1n) is 6.77. The molecule has 23 heavy (non-hydrogen) atoms. The Bertz CT molecular complexity index is 762. The molecule has 0 radical (unpaired) electrons. The summed E-state index contributed by atoms with van der Waals surface area (Å²) in [5, 5.41) is 15.0. The lowest BCUT2D eigenvalue weighted by molar-refractivity contribution is -0.144. The summed E-state index contributed by atoms with van der Waals surface area (Å²) in [4.78, 5) is 11.5. The van der Waals surface area contributed by atoms with Crippen molar-refractivity contribution in [2.24, 2.45) is 7.05 Å². The van der Waals surface area contributed by atoms with Gasteiger partial charge in [-0.25, -0.2) is 4.79 Å². The lowest BCUT2D eigenvalue weighted by Crippen LogP contribution is -2.23. The van der Waals surface area contributed by atoms with Crippen LogP contribution >= 0.6 is 35.0 Å². The maximum Gasteiger partial charge on any atom is 0.344 e. The van der Waals surface area contributed by atoms with E-state index in [0.717, 1.165) is 16.3 Å². The van der Waals surface area contributed by atoms with Gasteiger partial charge in [-0.1, -0.05) is 35.0 Å². The van der Waals surface area contributed by atoms with Crippen LogP contribution in [0.25, 0.3) is 0 Å². The molecule has 2 aromatic rings. The molecule has 0 aliphatic rings. The smallest absolute Gasteiger partial charge is 0.344 e. The van der Waals surface area contributed by atoms with Crippen LogP contribution in [0, 0.1) is 13.8 Å². The molecular formula is C15H16Cl2N2O3S. The second kappa shape index (κ2) is 7.03. The molecular weight excluding hydrogens is 359 g/mol. The van der Waals surface area contributed by atoms with E-state index >= 15 is 0 Å². The number of ether oxygens (including phenoxy) is 1. The van der Waals surface area contributed by atoms with Gasteiger partial charge >= 0.3 is 5.97 Å². The Morgan fingerprint density at radius 2 is 2.04 bits per heavy atom. The van der Waals surface area contributed by atoms with Crippen LogP contribution in [0.3, 0.4) is 0 Å². The predicted octanol–water partition coefficient (Wildman–Crippen LogP) is 4.35. The minimum absolute atomic E-state index is 0.282. The molecule has 0 amide bonds. The average Bonchev–Trinajstić information content (AvgIpc) is 2.71. The molecule has 2 rings (SSSR count). The van der Waals surface area contributed by atoms with Crippen LogP contribution in [-0.4, -0.2) is 27.0 Å². The van der Waals surface area contributed by atoms with E-state index in [2.05, 4.69) is 5.10 Å². The first-order valence-corrected chi connectivity index (χ1v) is 8.35. The average molecular weight is 375 g/mol. The highest BCUT2D eigenvalue weighted by Gasteiger charge is 2.20. The van der Waals surface area contributed by atoms with E-state index < -0.39 is 12.1 Å². The van der Waals surface area contributed by atoms with Crippen molar-refractivity contribution in [3.8, 4) is 5.75 Å². The number of aliphatic carboxylic acids is 1. The standard InChI is InChI=1S/C15H16Cl2N2O3S/c1-7-8(2)18-19(4)14(7)23-13-10(16)5-6-11(12(13)17)22-9(3)15(20)21/h5-6,9H,1-4H3,(H,20,21)/t9-/m0/s1. The number of hydrogen-bond acceptors (Lipinski definition) is 4. The van der Waals surface area contributed by atoms with Crippen molar-refractivity contribution >= 4 is 40.9 Å². The van der Waals surface area contributed by atoms with Crippen LogP contribution in [0.4, 0.5) is 0 Å². The van der Waals surface area contributed by atoms with Crippen molar-refractivity contribution in [1.29, 1.82) is 0 Å². The Balaban J connectivity index is 2.40. The van der Waals surface area contributed by atoms with E-state index in [9.17, 15) is 4.79 Å². The second-order valence-corrected chi connectivity index (χ2v) is 6.81. The molecule has 1 N–H and O–H groups in total. The van der Waals surface area contributed by atoms with Gasteiger partial charge in [-0.2, -0.15) is 5.10 Å². The predicted molar refractivity (Wildman–Crippen MR) is 91.0 cm³/mol. The van der Waals surface area contributed by atoms with Crippen LogP contribution in [0.1, 0.15) is 18.2 Å². The van der Waals surface area contributed by atoms with E-state index in [-0.39, 0.29) is 10.8 Å². The molecule has 0 fully saturated rings. The molecule has 1 heterocycles. The third-order valence-corrected chi connectivity index (χ3v) is 5.63. The SMILES string of the molecule is Cc1nn(C)c(Sc2c(Cl)ccc(O[C@@H](C)C(=O)O)c2Cl)c1C. The van der Waals surface area contributed by atoms with Gasteiger partial charge in [0.1, 0.15) is 10.8 Å². The fraction of sp³-hybridized carbons (Fsp3) is 0.333. The fourth-order valence-electron chi connectivity index (χ4n) is 1.92. The topological polar surface area (TPSA) is 64.4 Å². The number of halogens is 2. The molecule has 1 atom stereocenters. The molecule has 0 aliphatic heterocycles. The molecule has 0 spiro atoms. The number of carboxylic acids is 1. The van der Waals surface area contributed by atoms with Gasteiger partial charge in [0.2, 0.25) is 0 Å². The lowest BCUT2D eigenvalue weighted by Gasteiger charge is -2.15. The molecule has 0 saturated heterocycles. The van der Waals surface area contributed by atoms with Gasteiger partial charge in [-0.3, -0.25) is 4.68 Å². The van der Waals surface area contributed by atoms with Gasteiger partial charge in [0.15, 0.2) is 6.10 Å². The Morgan fingerprint density at radius 1 is 1.39 bits per heavy atom. The van der Waals surface area contributed by atoms with E-state index in [1.165, 1.54) is 18.7 Å². The van der Waals surface area contributed by atoms with Crippen molar-refractivity contribution in [1.82, 2.24) is 9.78 Å². The Kier molecular flexibility index (Phi) is 5.49. The molecule has 1 aromatic carbocycles. The van der Waals surface area contributed by atoms with Crippen molar-refractivity contribution in [2.75, 3.05) is 0 Å². The number of benzene rings is 1. The summed E-state index contributed by atoms with van der Waals surface area (Å²) in [6.07, 6.45) is -1.01. The summed E-state index contributed by atoms with van der Waals surface area (Å²) >= 11 is 14.0. The normalized spacial score (nSPS) is 12.3. The van der Waals surface area contributed by atoms with Crippen LogP contribution in [0.5, 0.6) is 5.75 Å². The van der Waals surface area contributed by atoms with Crippen molar-refractivity contribution < 1.29 is 14.6 Å². The van der Waals surface area contributed by atoms with Crippen LogP contribution < -0.4 is 4.74 Å². The van der Waals surface area contributed by atoms with Crippen molar-refractivity contribution in [3.63, 3.8) is 0 Å². The summed E-state index contributed by atoms with van der Waals surface area (Å²) in [6, 6.07) is 3.20. The van der Waals surface area contributed by atoms with Crippen LogP contribution in [0.15, 0.2) is 22.1 Å². The number of aryl methyl sites for hydroxylation is 2. The maximum atomic E-state index is 10.9. The Morgan fingerprint density at radius 3 is 2.57 bits per heavy atom. The van der Waals surface area contributed by atoms with Crippen LogP contribution in [-0.2, 0) is 11.8 Å². The summed E-state index contributed by atoms with van der Waals surface area (Å²) in [7, 11) is 1.84. The monoisotopic (exact) mass is 374 g/mol. The number of carboxylic acid groups (broad SMARTS) is 1. The van der Waals surface area contributed by atoms with Crippen molar-refractivity contribution in [2.45, 2.75) is 36.8 Å². The summed E-state index contributed by atoms with van der Waals surface area (Å²) in [5.74, 6) is -0.784. The van der Waals surface area contributed by atoms with Gasteiger partial charge < -0.3 is 9.84 Å². The zero-order chi connectivity index (χ0) is 17.3. The summed E-state index contributed by atoms with van der Waals surface area (Å²) in [6.45, 7) is 5.34. The number of nitrogens with zero attached hydrogens (tertiary/aromatic N) is 2. The molecule has 0 saturated carbocycles. The second-order valence-electron chi connectivity index (χ2n) is 5.03. The van der Waals surface area contributed by atoms with E-state index in [0.29, 0.717) is 9.92 Å². The van der Waals surface area contributed by atoms with Gasteiger partial charge in [-0.15, -0.1) is 0 Å². The van der Waals surface area contributed by atoms with Gasteiger partial charge in [0.25, 0.3) is 0 Å². The quantitative estimate of drug-likeness (QED) is 0.842. The number of hydrogen-bond donors (Lipinski definition) is 1. The molecule has 0 aliphatic carbocycles. The van der Waals surface area contributed by atoms with E-state index in [1.54, 1.807) is 16.8 Å². The Hall–Kier alpha value is -1.37. The molecule has 1 aromatic heterocycles. The Labute approximate surface area is 148 Å². The van der Waals surface area contributed by atoms with Gasteiger partial charge in [0.05, 0.1) is 20.6 Å². The number of aromatic nitrogens is 2. The molecule has 0 bridgehead atoms. The van der Waals surface area contributed by atoms with E-state index in [4.69, 9.17) is 33.0 Å². The fourth-order valence-corrected chi connectivity index (χ4v) is 3.59. The largest absolute Gasteiger partial charge is 0.479 e. The minimum atomic E-state index is -1.07. The highest BCUT2D eigenvalue weighted by molar-refractivity contribution is 7.99. The highest BCUT2D eigenvalue weighted by atomic mass is 35.5. The molecule has 0 unspecified atom stereocenters. The lowest BCUT2D eigenvalue weighted by atomic mass is 10.3. The zero-order valence-corrected chi connectivity index (χ0v) is 15.4. The molecule has 8 heteroatoms. The highest BCUT2D eigenvalue weighted by Crippen LogP contribution is 2.44. The van der Waals surface area contributed by atoms with Crippen molar-refractivity contribution in [3.05, 3.63) is 33.4 Å². The first-order chi connectivity index (χ1) is 10.7. The maximum absolute atomic E-state index is 10.9. The number of rotatable bonds is 5. The molecule has 5 nitrogen and oxygen atoms in total. The van der Waals surface area contributed by atoms with E-state index in [1.807, 2.05) is 20.9 Å². The summed E-state index contributed by atoms with van der Waals surface area (Å²) < 4.78 is 7.14. The zero-order valence-electron chi connectivity index (χ0n) is 13.1. The van der Waals surface area contributed by atoms with Crippen LogP contribution in [0.2, 0.25) is 10.0 Å². The number of carbonyl (C=O) groups is 1.